The van der Waals surface area contributed by atoms with Crippen molar-refractivity contribution in [3.8, 4) is 0 Å². The van der Waals surface area contributed by atoms with Crippen molar-refractivity contribution in [2.24, 2.45) is 15.7 Å². The molecule has 2 rings (SSSR count). The predicted octanol–water partition coefficient (Wildman–Crippen LogP) is 0.772. The van der Waals surface area contributed by atoms with Crippen molar-refractivity contribution < 1.29 is 0 Å². The Morgan fingerprint density at radius 3 is 2.75 bits per heavy atom. The van der Waals surface area contributed by atoms with Crippen LogP contribution in [0.4, 0.5) is 0 Å². The van der Waals surface area contributed by atoms with Crippen molar-refractivity contribution >= 4 is 11.9 Å². The highest BCUT2D eigenvalue weighted by atomic mass is 15.4. The number of aliphatic imine (C=N–C) groups is 2. The molecule has 0 spiro atoms. The molecule has 1 heterocycles. The molecule has 0 aromatic carbocycles. The van der Waals surface area contributed by atoms with Crippen molar-refractivity contribution in [3.63, 3.8) is 0 Å². The Bertz CT molecular complexity index is 416. The van der Waals surface area contributed by atoms with E-state index in [4.69, 9.17) is 5.73 Å². The number of guanidine groups is 2. The predicted molar refractivity (Wildman–Crippen MR) is 65.9 cm³/mol. The molecule has 0 aromatic heterocycles. The minimum Gasteiger partial charge on any atom is -0.370 e. The molecule has 0 aromatic rings. The lowest BCUT2D eigenvalue weighted by Crippen LogP contribution is -2.48. The molecule has 0 radical (unpaired) electrons. The Kier molecular flexibility index (Phi) is 2.68. The summed E-state index contributed by atoms with van der Waals surface area (Å²) in [7, 11) is 1.98. The van der Waals surface area contributed by atoms with Crippen molar-refractivity contribution in [3.05, 3.63) is 23.4 Å². The summed E-state index contributed by atoms with van der Waals surface area (Å²) in [4.78, 5) is 10.5. The summed E-state index contributed by atoms with van der Waals surface area (Å²) in [5.74, 6) is 1.17. The maximum absolute atomic E-state index is 5.68. The SMILES string of the molecule is CC1=CCC=C1N(C)C1=NC(C)N=C(N)N1. The zero-order valence-electron chi connectivity index (χ0n) is 9.86. The first kappa shape index (κ1) is 10.7. The average Bonchev–Trinajstić information content (AvgIpc) is 2.62. The lowest BCUT2D eigenvalue weighted by molar-refractivity contribution is 0.595. The Balaban J connectivity index is 2.17. The molecule has 5 nitrogen and oxygen atoms in total. The number of hydrogen-bond donors (Lipinski definition) is 2. The molecule has 1 aliphatic carbocycles. The summed E-state index contributed by atoms with van der Waals surface area (Å²) in [6, 6.07) is 0. The number of likely N-dealkylation sites (N-methyl/N-ethyl adjacent to an activating group) is 1. The Morgan fingerprint density at radius 1 is 1.44 bits per heavy atom. The van der Waals surface area contributed by atoms with Crippen molar-refractivity contribution in [1.82, 2.24) is 10.2 Å². The number of hydrogen-bond acceptors (Lipinski definition) is 5. The maximum atomic E-state index is 5.68. The van der Waals surface area contributed by atoms with Crippen LogP contribution in [0.25, 0.3) is 0 Å². The van der Waals surface area contributed by atoms with Crippen LogP contribution in [0.5, 0.6) is 0 Å². The zero-order chi connectivity index (χ0) is 11.7. The Hall–Kier alpha value is -1.78. The molecule has 0 fully saturated rings. The molecule has 3 N–H and O–H groups in total. The fourth-order valence-corrected chi connectivity index (χ4v) is 1.89. The Labute approximate surface area is 95.4 Å². The first-order chi connectivity index (χ1) is 7.58. The van der Waals surface area contributed by atoms with Crippen LogP contribution in [-0.4, -0.2) is 30.0 Å². The molecule has 16 heavy (non-hydrogen) atoms. The fourth-order valence-electron chi connectivity index (χ4n) is 1.89. The van der Waals surface area contributed by atoms with Gasteiger partial charge in [0.2, 0.25) is 5.96 Å². The third kappa shape index (κ3) is 1.93. The van der Waals surface area contributed by atoms with Crippen LogP contribution >= 0.6 is 0 Å². The van der Waals surface area contributed by atoms with Gasteiger partial charge in [0.15, 0.2) is 5.96 Å². The van der Waals surface area contributed by atoms with Gasteiger partial charge in [0.05, 0.1) is 0 Å². The quantitative estimate of drug-likeness (QED) is 0.684. The Morgan fingerprint density at radius 2 is 2.19 bits per heavy atom. The van der Waals surface area contributed by atoms with Gasteiger partial charge < -0.3 is 10.6 Å². The van der Waals surface area contributed by atoms with Crippen molar-refractivity contribution in [2.75, 3.05) is 7.05 Å². The summed E-state index contributed by atoms with van der Waals surface area (Å²) in [5, 5.41) is 2.98. The van der Waals surface area contributed by atoms with E-state index in [0.29, 0.717) is 5.96 Å². The molecule has 5 heteroatoms. The normalized spacial score (nSPS) is 24.1. The van der Waals surface area contributed by atoms with Gasteiger partial charge in [-0.2, -0.15) is 0 Å². The molecule has 1 atom stereocenters. The first-order valence-corrected chi connectivity index (χ1v) is 5.37. The molecule has 0 saturated heterocycles. The van der Waals surface area contributed by atoms with Gasteiger partial charge in [-0.15, -0.1) is 0 Å². The zero-order valence-corrected chi connectivity index (χ0v) is 9.86. The number of nitrogens with zero attached hydrogens (tertiary/aromatic N) is 3. The van der Waals surface area contributed by atoms with Gasteiger partial charge in [0, 0.05) is 12.7 Å². The van der Waals surface area contributed by atoms with Gasteiger partial charge >= 0.3 is 0 Å². The molecule has 1 aliphatic heterocycles. The second kappa shape index (κ2) is 4.00. The number of nitrogens with one attached hydrogen (secondary N) is 1. The van der Waals surface area contributed by atoms with E-state index in [1.807, 2.05) is 18.9 Å². The topological polar surface area (TPSA) is 66.0 Å². The van der Waals surface area contributed by atoms with Crippen LogP contribution in [-0.2, 0) is 0 Å². The van der Waals surface area contributed by atoms with Gasteiger partial charge in [-0.1, -0.05) is 12.2 Å². The van der Waals surface area contributed by atoms with Crippen LogP contribution in [0.2, 0.25) is 0 Å². The summed E-state index contributed by atoms with van der Waals surface area (Å²) < 4.78 is 0. The van der Waals surface area contributed by atoms with Gasteiger partial charge in [0.1, 0.15) is 6.17 Å². The van der Waals surface area contributed by atoms with E-state index in [1.165, 1.54) is 11.3 Å². The van der Waals surface area contributed by atoms with Gasteiger partial charge in [-0.25, -0.2) is 9.98 Å². The molecule has 0 saturated carbocycles. The maximum Gasteiger partial charge on any atom is 0.207 e. The largest absolute Gasteiger partial charge is 0.370 e. The van der Waals surface area contributed by atoms with E-state index >= 15 is 0 Å². The summed E-state index contributed by atoms with van der Waals surface area (Å²) in [6.07, 6.45) is 5.23. The monoisotopic (exact) mass is 219 g/mol. The van der Waals surface area contributed by atoms with E-state index in [2.05, 4.69) is 34.4 Å². The molecule has 2 aliphatic rings. The second-order valence-corrected chi connectivity index (χ2v) is 4.00. The lowest BCUT2D eigenvalue weighted by atomic mass is 10.2. The lowest BCUT2D eigenvalue weighted by Gasteiger charge is -2.27. The smallest absolute Gasteiger partial charge is 0.207 e. The molecule has 1 unspecified atom stereocenters. The minimum absolute atomic E-state index is 0.120. The van der Waals surface area contributed by atoms with Crippen LogP contribution in [0, 0.1) is 0 Å². The molecule has 0 bridgehead atoms. The number of rotatable bonds is 1. The summed E-state index contributed by atoms with van der Waals surface area (Å²) >= 11 is 0. The molecule has 0 amide bonds. The van der Waals surface area contributed by atoms with Gasteiger partial charge in [-0.05, 0) is 25.8 Å². The van der Waals surface area contributed by atoms with Crippen LogP contribution in [0.15, 0.2) is 33.4 Å². The highest BCUT2D eigenvalue weighted by molar-refractivity contribution is 6.00. The summed E-state index contributed by atoms with van der Waals surface area (Å²) in [6.45, 7) is 4.01. The fraction of sp³-hybridized carbons (Fsp3) is 0.455. The van der Waals surface area contributed by atoms with E-state index in [0.717, 1.165) is 12.4 Å². The van der Waals surface area contributed by atoms with E-state index in [-0.39, 0.29) is 6.17 Å². The van der Waals surface area contributed by atoms with Crippen molar-refractivity contribution in [2.45, 2.75) is 26.4 Å². The van der Waals surface area contributed by atoms with Crippen LogP contribution in [0.1, 0.15) is 20.3 Å². The van der Waals surface area contributed by atoms with Crippen LogP contribution < -0.4 is 11.1 Å². The van der Waals surface area contributed by atoms with E-state index < -0.39 is 0 Å². The second-order valence-electron chi connectivity index (χ2n) is 4.00. The van der Waals surface area contributed by atoms with E-state index in [1.54, 1.807) is 0 Å². The molecular formula is C11H17N5. The molecular weight excluding hydrogens is 202 g/mol. The van der Waals surface area contributed by atoms with Crippen molar-refractivity contribution in [1.29, 1.82) is 0 Å². The number of nitrogens with two attached hydrogens (primary N) is 1. The highest BCUT2D eigenvalue weighted by Gasteiger charge is 2.19. The van der Waals surface area contributed by atoms with Crippen LogP contribution in [0.3, 0.4) is 0 Å². The number of allylic oxidation sites excluding steroid dienone is 3. The highest BCUT2D eigenvalue weighted by Crippen LogP contribution is 2.21. The van der Waals surface area contributed by atoms with E-state index in [9.17, 15) is 0 Å². The standard InChI is InChI=1S/C11H17N5/c1-7-5-4-6-9(7)16(3)11-14-8(2)13-10(12)15-11/h5-6,8H,4H2,1-3H3,(H3,12,13,14,15). The summed E-state index contributed by atoms with van der Waals surface area (Å²) in [5.41, 5.74) is 8.12. The minimum atomic E-state index is -0.120. The third-order valence-electron chi connectivity index (χ3n) is 2.69. The third-order valence-corrected chi connectivity index (χ3v) is 2.69. The van der Waals surface area contributed by atoms with Gasteiger partial charge in [0.25, 0.3) is 0 Å². The average molecular weight is 219 g/mol. The molecule has 86 valence electrons. The first-order valence-electron chi connectivity index (χ1n) is 5.37. The van der Waals surface area contributed by atoms with Gasteiger partial charge in [-0.3, -0.25) is 5.32 Å².